The summed E-state index contributed by atoms with van der Waals surface area (Å²) in [5.41, 5.74) is 2.20. The molecule has 2 nitrogen and oxygen atoms in total. The van der Waals surface area contributed by atoms with Gasteiger partial charge in [0.2, 0.25) is 0 Å². The molecule has 0 aliphatic carbocycles. The van der Waals surface area contributed by atoms with Crippen molar-refractivity contribution in [2.45, 2.75) is 44.4 Å². The minimum absolute atomic E-state index is 0. The van der Waals surface area contributed by atoms with E-state index in [1.165, 1.54) is 24.8 Å². The lowest BCUT2D eigenvalue weighted by molar-refractivity contribution is 0.00998. The van der Waals surface area contributed by atoms with Crippen molar-refractivity contribution in [1.29, 1.82) is 0 Å². The van der Waals surface area contributed by atoms with Gasteiger partial charge in [-0.05, 0) is 37.4 Å². The van der Waals surface area contributed by atoms with Crippen molar-refractivity contribution in [2.24, 2.45) is 0 Å². The zero-order valence-electron chi connectivity index (χ0n) is 13.6. The van der Waals surface area contributed by atoms with Crippen molar-refractivity contribution in [2.75, 3.05) is 6.54 Å². The van der Waals surface area contributed by atoms with Crippen LogP contribution in [0.5, 0.6) is 0 Å². The Bertz CT molecular complexity index is 575. The van der Waals surface area contributed by atoms with E-state index in [9.17, 15) is 5.11 Å². The Morgan fingerprint density at radius 1 is 0.913 bits per heavy atom. The number of piperidine rings is 1. The monoisotopic (exact) mass is 331 g/mol. The summed E-state index contributed by atoms with van der Waals surface area (Å²) in [6.07, 6.45) is 3.23. The van der Waals surface area contributed by atoms with Gasteiger partial charge in [0.25, 0.3) is 0 Å². The number of benzene rings is 2. The van der Waals surface area contributed by atoms with E-state index in [0.29, 0.717) is 6.04 Å². The number of likely N-dealkylation sites (tertiary alicyclic amines) is 1. The summed E-state index contributed by atoms with van der Waals surface area (Å²) in [7, 11) is 0. The van der Waals surface area contributed by atoms with Crippen LogP contribution in [-0.2, 0) is 0 Å². The molecule has 124 valence electrons. The van der Waals surface area contributed by atoms with Gasteiger partial charge < -0.3 is 5.11 Å². The second-order valence-electron chi connectivity index (χ2n) is 6.29. The van der Waals surface area contributed by atoms with E-state index < -0.39 is 6.10 Å². The van der Waals surface area contributed by atoms with E-state index in [4.69, 9.17) is 0 Å². The SMILES string of the molecule is CC1CCCCN1C(c1ccccc1)C(O)c1ccccc1.Cl. The predicted octanol–water partition coefficient (Wildman–Crippen LogP) is 4.76. The lowest BCUT2D eigenvalue weighted by Crippen LogP contribution is -2.42. The van der Waals surface area contributed by atoms with Crippen LogP contribution in [-0.4, -0.2) is 22.6 Å². The average molecular weight is 332 g/mol. The maximum Gasteiger partial charge on any atom is 0.0986 e. The second-order valence-corrected chi connectivity index (χ2v) is 6.29. The molecular formula is C20H26ClNO. The second kappa shape index (κ2) is 8.49. The van der Waals surface area contributed by atoms with E-state index in [2.05, 4.69) is 36.1 Å². The number of aliphatic hydroxyl groups is 1. The van der Waals surface area contributed by atoms with Crippen molar-refractivity contribution in [3.63, 3.8) is 0 Å². The van der Waals surface area contributed by atoms with Crippen molar-refractivity contribution in [1.82, 2.24) is 4.90 Å². The van der Waals surface area contributed by atoms with Gasteiger partial charge >= 0.3 is 0 Å². The summed E-state index contributed by atoms with van der Waals surface area (Å²) >= 11 is 0. The zero-order valence-corrected chi connectivity index (χ0v) is 14.5. The highest BCUT2D eigenvalue weighted by Crippen LogP contribution is 2.37. The molecule has 2 aromatic carbocycles. The van der Waals surface area contributed by atoms with Crippen molar-refractivity contribution >= 4 is 12.4 Å². The topological polar surface area (TPSA) is 23.5 Å². The smallest absolute Gasteiger partial charge is 0.0986 e. The molecule has 0 amide bonds. The van der Waals surface area contributed by atoms with Crippen molar-refractivity contribution in [3.8, 4) is 0 Å². The van der Waals surface area contributed by atoms with E-state index in [0.717, 1.165) is 12.1 Å². The molecule has 0 radical (unpaired) electrons. The van der Waals surface area contributed by atoms with Crippen LogP contribution in [0.25, 0.3) is 0 Å². The van der Waals surface area contributed by atoms with Crippen LogP contribution in [0.1, 0.15) is 49.5 Å². The summed E-state index contributed by atoms with van der Waals surface area (Å²) in [5.74, 6) is 0. The number of hydrogen-bond acceptors (Lipinski definition) is 2. The Morgan fingerprint density at radius 3 is 2.04 bits per heavy atom. The fourth-order valence-electron chi connectivity index (χ4n) is 3.57. The summed E-state index contributed by atoms with van der Waals surface area (Å²) < 4.78 is 0. The molecule has 0 bridgehead atoms. The number of hydrogen-bond donors (Lipinski definition) is 1. The third-order valence-electron chi connectivity index (χ3n) is 4.79. The number of rotatable bonds is 4. The Labute approximate surface area is 145 Å². The quantitative estimate of drug-likeness (QED) is 0.873. The summed E-state index contributed by atoms with van der Waals surface area (Å²) in [5, 5.41) is 11.1. The standard InChI is InChI=1S/C20H25NO.ClH/c1-16-10-8-9-15-21(16)19(17-11-4-2-5-12-17)20(22)18-13-6-3-7-14-18;/h2-7,11-14,16,19-20,22H,8-10,15H2,1H3;1H. The van der Waals surface area contributed by atoms with Gasteiger partial charge in [0.1, 0.15) is 0 Å². The maximum atomic E-state index is 11.1. The largest absolute Gasteiger partial charge is 0.386 e. The van der Waals surface area contributed by atoms with Gasteiger partial charge in [0.15, 0.2) is 0 Å². The van der Waals surface area contributed by atoms with Gasteiger partial charge in [-0.1, -0.05) is 67.1 Å². The minimum atomic E-state index is -0.496. The molecule has 3 atom stereocenters. The average Bonchev–Trinajstić information content (AvgIpc) is 2.58. The van der Waals surface area contributed by atoms with Gasteiger partial charge in [-0.2, -0.15) is 0 Å². The maximum absolute atomic E-state index is 11.1. The molecule has 0 saturated carbocycles. The van der Waals surface area contributed by atoms with E-state index in [1.807, 2.05) is 36.4 Å². The first-order valence-corrected chi connectivity index (χ1v) is 8.31. The highest BCUT2D eigenvalue weighted by atomic mass is 35.5. The normalized spacial score (nSPS) is 21.2. The molecule has 1 aliphatic rings. The molecule has 0 aromatic heterocycles. The molecule has 1 fully saturated rings. The number of aliphatic hydroxyl groups excluding tert-OH is 1. The van der Waals surface area contributed by atoms with Gasteiger partial charge in [0.05, 0.1) is 12.1 Å². The Hall–Kier alpha value is -1.35. The molecule has 1 heterocycles. The minimum Gasteiger partial charge on any atom is -0.386 e. The van der Waals surface area contributed by atoms with Crippen LogP contribution in [0.2, 0.25) is 0 Å². The molecule has 0 spiro atoms. The molecule has 3 unspecified atom stereocenters. The van der Waals surface area contributed by atoms with Gasteiger partial charge in [-0.15, -0.1) is 12.4 Å². The van der Waals surface area contributed by atoms with Crippen LogP contribution in [0.3, 0.4) is 0 Å². The summed E-state index contributed by atoms with van der Waals surface area (Å²) in [6.45, 7) is 3.34. The third-order valence-corrected chi connectivity index (χ3v) is 4.79. The highest BCUT2D eigenvalue weighted by Gasteiger charge is 2.32. The van der Waals surface area contributed by atoms with E-state index in [1.54, 1.807) is 0 Å². The predicted molar refractivity (Wildman–Crippen MR) is 97.9 cm³/mol. The first-order chi connectivity index (χ1) is 10.8. The molecular weight excluding hydrogens is 306 g/mol. The van der Waals surface area contributed by atoms with Crippen LogP contribution >= 0.6 is 12.4 Å². The fourth-order valence-corrected chi connectivity index (χ4v) is 3.57. The van der Waals surface area contributed by atoms with Gasteiger partial charge in [0, 0.05) is 6.04 Å². The summed E-state index contributed by atoms with van der Waals surface area (Å²) in [6, 6.07) is 21.0. The van der Waals surface area contributed by atoms with Gasteiger partial charge in [-0.25, -0.2) is 0 Å². The van der Waals surface area contributed by atoms with Crippen LogP contribution < -0.4 is 0 Å². The van der Waals surface area contributed by atoms with E-state index in [-0.39, 0.29) is 18.4 Å². The van der Waals surface area contributed by atoms with Crippen LogP contribution in [0, 0.1) is 0 Å². The molecule has 2 aromatic rings. The number of halogens is 1. The number of nitrogens with zero attached hydrogens (tertiary/aromatic N) is 1. The van der Waals surface area contributed by atoms with Crippen molar-refractivity contribution in [3.05, 3.63) is 71.8 Å². The molecule has 3 rings (SSSR count). The van der Waals surface area contributed by atoms with Crippen molar-refractivity contribution < 1.29 is 5.11 Å². The first-order valence-electron chi connectivity index (χ1n) is 8.31. The lowest BCUT2D eigenvalue weighted by Gasteiger charge is -2.42. The Balaban J connectivity index is 0.00000192. The lowest BCUT2D eigenvalue weighted by atomic mass is 9.90. The third kappa shape index (κ3) is 4.14. The molecule has 1 N–H and O–H groups in total. The summed E-state index contributed by atoms with van der Waals surface area (Å²) in [4.78, 5) is 2.48. The molecule has 23 heavy (non-hydrogen) atoms. The molecule has 3 heteroatoms. The zero-order chi connectivity index (χ0) is 15.4. The first kappa shape index (κ1) is 18.0. The Morgan fingerprint density at radius 2 is 1.48 bits per heavy atom. The van der Waals surface area contributed by atoms with Gasteiger partial charge in [-0.3, -0.25) is 4.90 Å². The fraction of sp³-hybridized carbons (Fsp3) is 0.400. The molecule has 1 aliphatic heterocycles. The Kier molecular flexibility index (Phi) is 6.64. The molecule has 1 saturated heterocycles. The van der Waals surface area contributed by atoms with Crippen LogP contribution in [0.4, 0.5) is 0 Å². The highest BCUT2D eigenvalue weighted by molar-refractivity contribution is 5.85. The van der Waals surface area contributed by atoms with Crippen LogP contribution in [0.15, 0.2) is 60.7 Å². The van der Waals surface area contributed by atoms with E-state index >= 15 is 0 Å².